The molecule has 2 aliphatic rings. The molecular weight excluding hydrogens is 723 g/mol. The van der Waals surface area contributed by atoms with Crippen LogP contribution in [0.3, 0.4) is 0 Å². The molecule has 1 spiro atoms. The third-order valence-corrected chi connectivity index (χ3v) is 12.9. The van der Waals surface area contributed by atoms with Crippen molar-refractivity contribution in [2.45, 2.75) is 5.41 Å². The first-order valence-electron chi connectivity index (χ1n) is 20.8. The SMILES string of the molecule is c1ccc(-c2ccc(N(c3ccc(-c4ccccc4)cc3)c3ccc4c5c(ccc4c3)-c3ccc(-c4ccccc4)cc3C53c4ccccc4-c4ccccc43)cc2)cc1. The van der Waals surface area contributed by atoms with Crippen LogP contribution in [-0.2, 0) is 5.41 Å². The van der Waals surface area contributed by atoms with Crippen molar-refractivity contribution in [3.05, 3.63) is 259 Å². The zero-order valence-electron chi connectivity index (χ0n) is 33.0. The van der Waals surface area contributed by atoms with Gasteiger partial charge in [0.25, 0.3) is 0 Å². The van der Waals surface area contributed by atoms with Crippen LogP contribution in [0.4, 0.5) is 17.1 Å². The topological polar surface area (TPSA) is 3.24 Å². The fourth-order valence-corrected chi connectivity index (χ4v) is 10.2. The van der Waals surface area contributed by atoms with E-state index in [1.165, 1.54) is 88.7 Å². The lowest BCUT2D eigenvalue weighted by Crippen LogP contribution is -2.26. The van der Waals surface area contributed by atoms with Gasteiger partial charge < -0.3 is 4.90 Å². The average Bonchev–Trinajstić information content (AvgIpc) is 3.80. The summed E-state index contributed by atoms with van der Waals surface area (Å²) in [7, 11) is 0. The maximum Gasteiger partial charge on any atom is 0.0731 e. The van der Waals surface area contributed by atoms with Crippen LogP contribution in [0.2, 0.25) is 0 Å². The molecule has 0 aromatic heterocycles. The van der Waals surface area contributed by atoms with E-state index in [4.69, 9.17) is 0 Å². The summed E-state index contributed by atoms with van der Waals surface area (Å²) in [5, 5.41) is 2.49. The van der Waals surface area contributed by atoms with Crippen LogP contribution in [0.1, 0.15) is 22.3 Å². The molecule has 1 nitrogen and oxygen atoms in total. The van der Waals surface area contributed by atoms with Crippen LogP contribution in [0.25, 0.3) is 66.4 Å². The molecule has 2 aliphatic carbocycles. The maximum atomic E-state index is 2.48. The Labute approximate surface area is 351 Å². The van der Waals surface area contributed by atoms with Gasteiger partial charge in [-0.15, -0.1) is 0 Å². The zero-order chi connectivity index (χ0) is 39.6. The number of fused-ring (bicyclic) bond motifs is 12. The minimum Gasteiger partial charge on any atom is -0.310 e. The summed E-state index contributed by atoms with van der Waals surface area (Å²) in [6, 6.07) is 87.2. The van der Waals surface area contributed by atoms with E-state index in [1.807, 2.05) is 0 Å². The standard InChI is InChI=1S/C59H39N/c1-4-14-40(15-5-1)43-24-30-47(31-25-43)60(48-32-26-44(27-33-48)41-16-6-2-7-17-41)49-34-37-50-46(38-49)29-36-54-53-35-28-45(42-18-8-3-9-19-42)39-57(53)59(58(50)54)55-22-12-10-20-51(55)52-21-11-13-23-56(52)59/h1-39H. The van der Waals surface area contributed by atoms with Crippen molar-refractivity contribution >= 4 is 27.8 Å². The van der Waals surface area contributed by atoms with E-state index in [0.717, 1.165) is 17.1 Å². The highest BCUT2D eigenvalue weighted by Crippen LogP contribution is 2.64. The molecule has 60 heavy (non-hydrogen) atoms. The van der Waals surface area contributed by atoms with Gasteiger partial charge in [-0.3, -0.25) is 0 Å². The Kier molecular flexibility index (Phi) is 7.83. The van der Waals surface area contributed by atoms with Crippen LogP contribution < -0.4 is 4.90 Å². The van der Waals surface area contributed by atoms with Gasteiger partial charge in [-0.1, -0.05) is 194 Å². The molecule has 0 radical (unpaired) electrons. The third-order valence-electron chi connectivity index (χ3n) is 12.9. The summed E-state index contributed by atoms with van der Waals surface area (Å²) in [4.78, 5) is 2.40. The molecule has 0 heterocycles. The molecule has 0 amide bonds. The van der Waals surface area contributed by atoms with Gasteiger partial charge in [0.05, 0.1) is 5.41 Å². The first-order chi connectivity index (χ1) is 29.8. The van der Waals surface area contributed by atoms with Crippen LogP contribution in [0.15, 0.2) is 237 Å². The first kappa shape index (κ1) is 34.3. The minimum absolute atomic E-state index is 0.468. The smallest absolute Gasteiger partial charge is 0.0731 e. The number of nitrogens with zero attached hydrogens (tertiary/aromatic N) is 1. The summed E-state index contributed by atoms with van der Waals surface area (Å²) in [5.74, 6) is 0. The highest BCUT2D eigenvalue weighted by molar-refractivity contribution is 6.05. The lowest BCUT2D eigenvalue weighted by molar-refractivity contribution is 0.801. The molecule has 0 bridgehead atoms. The summed E-state index contributed by atoms with van der Waals surface area (Å²) in [5.41, 5.74) is 20.8. The van der Waals surface area contributed by atoms with E-state index >= 15 is 0 Å². The van der Waals surface area contributed by atoms with Gasteiger partial charge >= 0.3 is 0 Å². The molecule has 0 saturated heterocycles. The normalized spacial score (nSPS) is 12.8. The molecule has 1 heteroatoms. The Bertz CT molecular complexity index is 3090. The molecule has 10 aromatic rings. The molecule has 0 atom stereocenters. The highest BCUT2D eigenvalue weighted by Gasteiger charge is 2.52. The van der Waals surface area contributed by atoms with Crippen molar-refractivity contribution in [2.75, 3.05) is 4.90 Å². The minimum atomic E-state index is -0.468. The van der Waals surface area contributed by atoms with E-state index in [-0.39, 0.29) is 0 Å². The second-order valence-electron chi connectivity index (χ2n) is 16.0. The van der Waals surface area contributed by atoms with Crippen molar-refractivity contribution in [2.24, 2.45) is 0 Å². The van der Waals surface area contributed by atoms with Gasteiger partial charge in [-0.25, -0.2) is 0 Å². The second kappa shape index (κ2) is 13.7. The third kappa shape index (κ3) is 5.19. The summed E-state index contributed by atoms with van der Waals surface area (Å²) in [6.07, 6.45) is 0. The Morgan fingerprint density at radius 1 is 0.267 bits per heavy atom. The van der Waals surface area contributed by atoms with Crippen molar-refractivity contribution in [3.8, 4) is 55.6 Å². The van der Waals surface area contributed by atoms with Gasteiger partial charge in [0.1, 0.15) is 0 Å². The van der Waals surface area contributed by atoms with E-state index in [9.17, 15) is 0 Å². The fraction of sp³-hybridized carbons (Fsp3) is 0.0169. The van der Waals surface area contributed by atoms with E-state index in [2.05, 4.69) is 241 Å². The second-order valence-corrected chi connectivity index (χ2v) is 16.0. The lowest BCUT2D eigenvalue weighted by atomic mass is 9.69. The lowest BCUT2D eigenvalue weighted by Gasteiger charge is -2.32. The molecule has 0 N–H and O–H groups in total. The van der Waals surface area contributed by atoms with Crippen molar-refractivity contribution in [1.82, 2.24) is 0 Å². The largest absolute Gasteiger partial charge is 0.310 e. The number of rotatable bonds is 6. The highest BCUT2D eigenvalue weighted by atomic mass is 15.1. The van der Waals surface area contributed by atoms with Crippen molar-refractivity contribution < 1.29 is 0 Å². The number of benzene rings is 10. The van der Waals surface area contributed by atoms with Crippen LogP contribution in [-0.4, -0.2) is 0 Å². The Morgan fingerprint density at radius 2 is 0.683 bits per heavy atom. The zero-order valence-corrected chi connectivity index (χ0v) is 33.0. The first-order valence-corrected chi connectivity index (χ1v) is 20.8. The molecule has 10 aromatic carbocycles. The molecule has 0 saturated carbocycles. The number of hydrogen-bond acceptors (Lipinski definition) is 1. The average molecular weight is 762 g/mol. The van der Waals surface area contributed by atoms with Gasteiger partial charge in [0.15, 0.2) is 0 Å². The monoisotopic (exact) mass is 761 g/mol. The quantitative estimate of drug-likeness (QED) is 0.163. The van der Waals surface area contributed by atoms with Crippen LogP contribution >= 0.6 is 0 Å². The summed E-state index contributed by atoms with van der Waals surface area (Å²) in [6.45, 7) is 0. The predicted octanol–water partition coefficient (Wildman–Crippen LogP) is 15.7. The number of anilines is 3. The molecule has 0 fully saturated rings. The molecular formula is C59H39N. The Morgan fingerprint density at radius 3 is 1.23 bits per heavy atom. The number of hydrogen-bond donors (Lipinski definition) is 0. The van der Waals surface area contributed by atoms with E-state index in [0.29, 0.717) is 0 Å². The molecule has 280 valence electrons. The Balaban J connectivity index is 1.06. The maximum absolute atomic E-state index is 2.48. The van der Waals surface area contributed by atoms with Gasteiger partial charge in [-0.2, -0.15) is 0 Å². The van der Waals surface area contributed by atoms with Crippen molar-refractivity contribution in [3.63, 3.8) is 0 Å². The Hall–Kier alpha value is -7.74. The fourth-order valence-electron chi connectivity index (χ4n) is 10.2. The molecule has 12 rings (SSSR count). The summed E-state index contributed by atoms with van der Waals surface area (Å²) < 4.78 is 0. The van der Waals surface area contributed by atoms with Crippen molar-refractivity contribution in [1.29, 1.82) is 0 Å². The van der Waals surface area contributed by atoms with Gasteiger partial charge in [-0.05, 0) is 131 Å². The predicted molar refractivity (Wildman–Crippen MR) is 251 cm³/mol. The molecule has 0 aliphatic heterocycles. The van der Waals surface area contributed by atoms with E-state index in [1.54, 1.807) is 0 Å². The van der Waals surface area contributed by atoms with Gasteiger partial charge in [0.2, 0.25) is 0 Å². The van der Waals surface area contributed by atoms with Crippen LogP contribution in [0.5, 0.6) is 0 Å². The van der Waals surface area contributed by atoms with E-state index < -0.39 is 5.41 Å². The summed E-state index contributed by atoms with van der Waals surface area (Å²) >= 11 is 0. The molecule has 0 unspecified atom stereocenters. The van der Waals surface area contributed by atoms with Crippen LogP contribution in [0, 0.1) is 0 Å². The van der Waals surface area contributed by atoms with Gasteiger partial charge in [0, 0.05) is 17.1 Å².